The number of benzene rings is 2. The monoisotopic (exact) mass is 323 g/mol. The normalized spacial score (nSPS) is 11.6. The van der Waals surface area contributed by atoms with Gasteiger partial charge in [0, 0.05) is 16.1 Å². The van der Waals surface area contributed by atoms with Crippen LogP contribution < -0.4 is 5.32 Å². The lowest BCUT2D eigenvalue weighted by molar-refractivity contribution is -0.144. The number of fused-ring (bicyclic) bond motifs is 1. The summed E-state index contributed by atoms with van der Waals surface area (Å²) in [4.78, 5) is 7.18. The van der Waals surface area contributed by atoms with E-state index in [0.29, 0.717) is 16.1 Å². The van der Waals surface area contributed by atoms with E-state index in [2.05, 4.69) is 15.3 Å². The molecule has 0 unspecified atom stereocenters. The van der Waals surface area contributed by atoms with E-state index >= 15 is 0 Å². The minimum absolute atomic E-state index is 0.0975. The van der Waals surface area contributed by atoms with E-state index in [9.17, 15) is 13.2 Å². The maximum absolute atomic E-state index is 12.9. The van der Waals surface area contributed by atoms with Crippen molar-refractivity contribution in [3.63, 3.8) is 0 Å². The van der Waals surface area contributed by atoms with Crippen LogP contribution in [0, 0.1) is 0 Å². The van der Waals surface area contributed by atoms with Crippen molar-refractivity contribution in [1.82, 2.24) is 9.97 Å². The summed E-state index contributed by atoms with van der Waals surface area (Å²) in [7, 11) is 0. The van der Waals surface area contributed by atoms with Crippen molar-refractivity contribution in [3.8, 4) is 0 Å². The van der Waals surface area contributed by atoms with Crippen molar-refractivity contribution in [2.24, 2.45) is 0 Å². The quantitative estimate of drug-likeness (QED) is 0.717. The SMILES string of the molecule is FC(F)(F)c1nc(Nc2ccc(Cl)cc2)c2ccccc2n1. The first-order valence-electron chi connectivity index (χ1n) is 6.30. The topological polar surface area (TPSA) is 37.8 Å². The van der Waals surface area contributed by atoms with Crippen molar-refractivity contribution in [2.45, 2.75) is 6.18 Å². The van der Waals surface area contributed by atoms with Crippen LogP contribution in [0.15, 0.2) is 48.5 Å². The van der Waals surface area contributed by atoms with Gasteiger partial charge in [0.05, 0.1) is 5.52 Å². The molecule has 0 aliphatic heterocycles. The lowest BCUT2D eigenvalue weighted by Gasteiger charge is -2.12. The van der Waals surface area contributed by atoms with Gasteiger partial charge in [-0.1, -0.05) is 23.7 Å². The number of nitrogens with zero attached hydrogens (tertiary/aromatic N) is 2. The summed E-state index contributed by atoms with van der Waals surface area (Å²) in [5.74, 6) is -1.08. The third-order valence-corrected chi connectivity index (χ3v) is 3.22. The van der Waals surface area contributed by atoms with Gasteiger partial charge in [0.25, 0.3) is 0 Å². The Hall–Kier alpha value is -2.34. The van der Waals surface area contributed by atoms with E-state index < -0.39 is 12.0 Å². The van der Waals surface area contributed by atoms with Gasteiger partial charge in [0.2, 0.25) is 5.82 Å². The van der Waals surface area contributed by atoms with Gasteiger partial charge in [-0.05, 0) is 36.4 Å². The number of alkyl halides is 3. The van der Waals surface area contributed by atoms with Gasteiger partial charge in [-0.25, -0.2) is 9.97 Å². The van der Waals surface area contributed by atoms with E-state index in [1.165, 1.54) is 6.07 Å². The van der Waals surface area contributed by atoms with Gasteiger partial charge >= 0.3 is 6.18 Å². The summed E-state index contributed by atoms with van der Waals surface area (Å²) in [6.45, 7) is 0. The van der Waals surface area contributed by atoms with Crippen LogP contribution in [0.3, 0.4) is 0 Å². The Morgan fingerprint density at radius 1 is 0.909 bits per heavy atom. The van der Waals surface area contributed by atoms with E-state index in [0.717, 1.165) is 0 Å². The van der Waals surface area contributed by atoms with Crippen LogP contribution in [0.25, 0.3) is 10.9 Å². The molecule has 2 aromatic carbocycles. The number of halogens is 4. The molecule has 0 fully saturated rings. The van der Waals surface area contributed by atoms with Crippen molar-refractivity contribution in [3.05, 3.63) is 59.4 Å². The molecule has 1 heterocycles. The molecular weight excluding hydrogens is 315 g/mol. The molecule has 0 radical (unpaired) electrons. The fraction of sp³-hybridized carbons (Fsp3) is 0.0667. The summed E-state index contributed by atoms with van der Waals surface area (Å²) in [6.07, 6.45) is -4.61. The Labute approximate surface area is 128 Å². The van der Waals surface area contributed by atoms with Gasteiger partial charge in [-0.3, -0.25) is 0 Å². The van der Waals surface area contributed by atoms with Crippen molar-refractivity contribution >= 4 is 34.0 Å². The fourth-order valence-corrected chi connectivity index (χ4v) is 2.09. The summed E-state index contributed by atoms with van der Waals surface area (Å²) < 4.78 is 38.8. The van der Waals surface area contributed by atoms with Gasteiger partial charge < -0.3 is 5.32 Å². The lowest BCUT2D eigenvalue weighted by atomic mass is 10.2. The second-order valence-corrected chi connectivity index (χ2v) is 4.98. The van der Waals surface area contributed by atoms with E-state index in [1.54, 1.807) is 42.5 Å². The summed E-state index contributed by atoms with van der Waals surface area (Å²) >= 11 is 5.79. The van der Waals surface area contributed by atoms with E-state index in [1.807, 2.05) is 0 Å². The number of aromatic nitrogens is 2. The van der Waals surface area contributed by atoms with Crippen LogP contribution in [0.5, 0.6) is 0 Å². The van der Waals surface area contributed by atoms with E-state index in [-0.39, 0.29) is 11.3 Å². The van der Waals surface area contributed by atoms with Crippen molar-refractivity contribution in [1.29, 1.82) is 0 Å². The number of para-hydroxylation sites is 1. The molecule has 112 valence electrons. The highest BCUT2D eigenvalue weighted by Gasteiger charge is 2.35. The minimum atomic E-state index is -4.61. The average molecular weight is 324 g/mol. The maximum Gasteiger partial charge on any atom is 0.451 e. The molecule has 0 amide bonds. The van der Waals surface area contributed by atoms with Crippen LogP contribution in [0.2, 0.25) is 5.02 Å². The maximum atomic E-state index is 12.9. The number of hydrogen-bond acceptors (Lipinski definition) is 3. The number of nitrogens with one attached hydrogen (secondary N) is 1. The zero-order chi connectivity index (χ0) is 15.7. The molecular formula is C15H9ClF3N3. The largest absolute Gasteiger partial charge is 0.451 e. The first-order valence-corrected chi connectivity index (χ1v) is 6.68. The molecule has 22 heavy (non-hydrogen) atoms. The molecule has 0 saturated carbocycles. The summed E-state index contributed by atoms with van der Waals surface area (Å²) in [5.41, 5.74) is 0.808. The molecule has 0 saturated heterocycles. The van der Waals surface area contributed by atoms with Crippen LogP contribution in [-0.2, 0) is 6.18 Å². The smallest absolute Gasteiger partial charge is 0.340 e. The van der Waals surface area contributed by atoms with Crippen molar-refractivity contribution in [2.75, 3.05) is 5.32 Å². The van der Waals surface area contributed by atoms with Gasteiger partial charge in [-0.15, -0.1) is 0 Å². The fourth-order valence-electron chi connectivity index (χ4n) is 1.97. The Kier molecular flexibility index (Phi) is 3.62. The molecule has 0 spiro atoms. The number of anilines is 2. The number of rotatable bonds is 2. The molecule has 3 aromatic rings. The first kappa shape index (κ1) is 14.6. The highest BCUT2D eigenvalue weighted by atomic mass is 35.5. The predicted octanol–water partition coefficient (Wildman–Crippen LogP) is 5.05. The molecule has 7 heteroatoms. The van der Waals surface area contributed by atoms with Gasteiger partial charge in [-0.2, -0.15) is 13.2 Å². The minimum Gasteiger partial charge on any atom is -0.340 e. The average Bonchev–Trinajstić information content (AvgIpc) is 2.48. The van der Waals surface area contributed by atoms with Crippen LogP contribution >= 0.6 is 11.6 Å². The van der Waals surface area contributed by atoms with Crippen LogP contribution in [0.1, 0.15) is 5.82 Å². The first-order chi connectivity index (χ1) is 10.4. The Morgan fingerprint density at radius 3 is 2.27 bits per heavy atom. The third kappa shape index (κ3) is 2.96. The van der Waals surface area contributed by atoms with Gasteiger partial charge in [0.1, 0.15) is 5.82 Å². The highest BCUT2D eigenvalue weighted by molar-refractivity contribution is 6.30. The molecule has 0 atom stereocenters. The zero-order valence-corrected chi connectivity index (χ0v) is 11.8. The molecule has 1 N–H and O–H groups in total. The lowest BCUT2D eigenvalue weighted by Crippen LogP contribution is -2.12. The van der Waals surface area contributed by atoms with Gasteiger partial charge in [0.15, 0.2) is 0 Å². The van der Waals surface area contributed by atoms with Crippen LogP contribution in [-0.4, -0.2) is 9.97 Å². The van der Waals surface area contributed by atoms with E-state index in [4.69, 9.17) is 11.6 Å². The van der Waals surface area contributed by atoms with Crippen LogP contribution in [0.4, 0.5) is 24.7 Å². The molecule has 1 aromatic heterocycles. The zero-order valence-electron chi connectivity index (χ0n) is 11.0. The summed E-state index contributed by atoms with van der Waals surface area (Å²) in [5, 5.41) is 3.92. The Morgan fingerprint density at radius 2 is 1.59 bits per heavy atom. The molecule has 3 nitrogen and oxygen atoms in total. The second kappa shape index (κ2) is 5.46. The molecule has 3 rings (SSSR count). The Balaban J connectivity index is 2.12. The highest BCUT2D eigenvalue weighted by Crippen LogP contribution is 2.31. The Bertz CT molecular complexity index is 816. The second-order valence-electron chi connectivity index (χ2n) is 4.54. The molecule has 0 aliphatic rings. The molecule has 0 bridgehead atoms. The number of hydrogen-bond donors (Lipinski definition) is 1. The summed E-state index contributed by atoms with van der Waals surface area (Å²) in [6, 6.07) is 13.1. The third-order valence-electron chi connectivity index (χ3n) is 2.96. The molecule has 0 aliphatic carbocycles. The predicted molar refractivity (Wildman–Crippen MR) is 79.3 cm³/mol. The standard InChI is InChI=1S/C15H9ClF3N3/c16-9-5-7-10(8-6-9)20-13-11-3-1-2-4-12(11)21-14(22-13)15(17,18)19/h1-8H,(H,20,21,22). The van der Waals surface area contributed by atoms with Crippen molar-refractivity contribution < 1.29 is 13.2 Å².